The molecule has 140 valence electrons. The minimum absolute atomic E-state index is 0.0656. The lowest BCUT2D eigenvalue weighted by atomic mass is 9.70. The van der Waals surface area contributed by atoms with Crippen molar-refractivity contribution in [2.75, 3.05) is 0 Å². The first-order chi connectivity index (χ1) is 13.1. The smallest absolute Gasteiger partial charge is 0.127 e. The maximum atomic E-state index is 14.8. The molecule has 2 aromatic rings. The van der Waals surface area contributed by atoms with Crippen LogP contribution < -0.4 is 0 Å². The summed E-state index contributed by atoms with van der Waals surface area (Å²) in [5, 5.41) is 0.571. The van der Waals surface area contributed by atoms with Gasteiger partial charge in [0, 0.05) is 5.25 Å². The van der Waals surface area contributed by atoms with Gasteiger partial charge in [-0.05, 0) is 78.7 Å². The molecule has 0 heterocycles. The van der Waals surface area contributed by atoms with E-state index in [0.29, 0.717) is 22.9 Å². The Hall–Kier alpha value is -1.22. The van der Waals surface area contributed by atoms with Gasteiger partial charge in [0.25, 0.3) is 0 Å². The van der Waals surface area contributed by atoms with Crippen molar-refractivity contribution in [3.05, 3.63) is 59.4 Å². The summed E-state index contributed by atoms with van der Waals surface area (Å²) in [6.45, 7) is 0. The average molecular weight is 378 g/mol. The van der Waals surface area contributed by atoms with Crippen LogP contribution in [0, 0.1) is 5.82 Å². The van der Waals surface area contributed by atoms with Crippen molar-refractivity contribution in [3.8, 4) is 11.1 Å². The van der Waals surface area contributed by atoms with Gasteiger partial charge in [0.2, 0.25) is 0 Å². The largest absolute Gasteiger partial charge is 0.207 e. The normalized spacial score (nSPS) is 28.8. The van der Waals surface area contributed by atoms with Gasteiger partial charge in [-0.2, -0.15) is 12.6 Å². The van der Waals surface area contributed by atoms with Gasteiger partial charge in [-0.1, -0.05) is 55.1 Å². The molecule has 0 unspecified atom stereocenters. The van der Waals surface area contributed by atoms with Crippen LogP contribution in [0.5, 0.6) is 0 Å². The fourth-order valence-electron chi connectivity index (χ4n) is 4.82. The van der Waals surface area contributed by atoms with E-state index in [1.54, 1.807) is 6.07 Å². The Balaban J connectivity index is 1.47. The summed E-state index contributed by atoms with van der Waals surface area (Å²) in [6.07, 6.45) is 8.86. The molecule has 2 saturated carbocycles. The summed E-state index contributed by atoms with van der Waals surface area (Å²) >= 11 is 4.60. The molecular formula is C24H28BFS. The maximum absolute atomic E-state index is 14.8. The Morgan fingerprint density at radius 1 is 0.741 bits per heavy atom. The Bertz CT molecular complexity index is 756. The Morgan fingerprint density at radius 2 is 1.33 bits per heavy atom. The third-order valence-corrected chi connectivity index (χ3v) is 7.14. The van der Waals surface area contributed by atoms with Gasteiger partial charge < -0.3 is 0 Å². The van der Waals surface area contributed by atoms with Crippen LogP contribution in [-0.4, -0.2) is 13.1 Å². The molecule has 2 aromatic carbocycles. The molecular weight excluding hydrogens is 350 g/mol. The van der Waals surface area contributed by atoms with Crippen molar-refractivity contribution in [1.82, 2.24) is 0 Å². The van der Waals surface area contributed by atoms with Gasteiger partial charge in [-0.15, -0.1) is 0 Å². The van der Waals surface area contributed by atoms with Crippen LogP contribution in [0.15, 0.2) is 42.5 Å². The number of hydrogen-bond donors (Lipinski definition) is 1. The second kappa shape index (κ2) is 8.43. The number of benzene rings is 2. The van der Waals surface area contributed by atoms with E-state index < -0.39 is 0 Å². The number of hydrogen-bond acceptors (Lipinski definition) is 1. The third-order valence-electron chi connectivity index (χ3n) is 6.62. The molecule has 2 radical (unpaired) electrons. The fourth-order valence-corrected chi connectivity index (χ4v) is 5.12. The second-order valence-corrected chi connectivity index (χ2v) is 9.21. The van der Waals surface area contributed by atoms with Gasteiger partial charge in [0.05, 0.1) is 7.85 Å². The summed E-state index contributed by atoms with van der Waals surface area (Å²) in [5.41, 5.74) is 4.34. The van der Waals surface area contributed by atoms with E-state index in [9.17, 15) is 4.39 Å². The molecule has 0 bridgehead atoms. The number of rotatable bonds is 3. The zero-order valence-electron chi connectivity index (χ0n) is 15.9. The molecule has 0 aromatic heterocycles. The van der Waals surface area contributed by atoms with Gasteiger partial charge in [-0.3, -0.25) is 0 Å². The lowest BCUT2D eigenvalue weighted by molar-refractivity contribution is 0.430. The van der Waals surface area contributed by atoms with Crippen LogP contribution in [0.2, 0.25) is 5.82 Å². The van der Waals surface area contributed by atoms with Gasteiger partial charge >= 0.3 is 0 Å². The van der Waals surface area contributed by atoms with Crippen molar-refractivity contribution in [2.24, 2.45) is 0 Å². The van der Waals surface area contributed by atoms with Crippen LogP contribution in [0.1, 0.15) is 74.3 Å². The van der Waals surface area contributed by atoms with Crippen molar-refractivity contribution in [2.45, 2.75) is 74.3 Å². The summed E-state index contributed by atoms with van der Waals surface area (Å²) in [5.74, 6) is 1.21. The van der Waals surface area contributed by atoms with E-state index in [2.05, 4.69) is 43.0 Å². The van der Waals surface area contributed by atoms with E-state index in [0.717, 1.165) is 42.4 Å². The molecule has 0 aliphatic heterocycles. The first kappa shape index (κ1) is 19.1. The highest BCUT2D eigenvalue weighted by Gasteiger charge is 2.22. The zero-order chi connectivity index (χ0) is 18.8. The number of halogens is 1. The van der Waals surface area contributed by atoms with Crippen molar-refractivity contribution in [1.29, 1.82) is 0 Å². The van der Waals surface area contributed by atoms with Crippen LogP contribution in [0.25, 0.3) is 11.1 Å². The fraction of sp³-hybridized carbons (Fsp3) is 0.500. The van der Waals surface area contributed by atoms with Crippen LogP contribution in [0.3, 0.4) is 0 Å². The number of thiol groups is 1. The summed E-state index contributed by atoms with van der Waals surface area (Å²) in [4.78, 5) is 0. The van der Waals surface area contributed by atoms with Crippen molar-refractivity contribution < 1.29 is 4.39 Å². The first-order valence-electron chi connectivity index (χ1n) is 10.4. The van der Waals surface area contributed by atoms with Crippen molar-refractivity contribution >= 4 is 20.5 Å². The summed E-state index contributed by atoms with van der Waals surface area (Å²) < 4.78 is 14.8. The predicted molar refractivity (Wildman–Crippen MR) is 117 cm³/mol. The van der Waals surface area contributed by atoms with Crippen molar-refractivity contribution in [3.63, 3.8) is 0 Å². The first-order valence-corrected chi connectivity index (χ1v) is 10.9. The monoisotopic (exact) mass is 378 g/mol. The van der Waals surface area contributed by atoms with Crippen LogP contribution in [0.4, 0.5) is 4.39 Å². The molecule has 4 rings (SSSR count). The third kappa shape index (κ3) is 4.45. The van der Waals surface area contributed by atoms with E-state index >= 15 is 0 Å². The molecule has 0 amide bonds. The molecule has 2 aliphatic carbocycles. The maximum Gasteiger partial charge on any atom is 0.127 e. The van der Waals surface area contributed by atoms with Crippen LogP contribution in [-0.2, 0) is 0 Å². The van der Waals surface area contributed by atoms with E-state index in [-0.39, 0.29) is 5.82 Å². The highest BCUT2D eigenvalue weighted by atomic mass is 32.1. The SMILES string of the molecule is [B]C1CCC(c2ccc(-c3ccc(C4CCC(S)CC4)cc3)cc2F)CC1. The van der Waals surface area contributed by atoms with Gasteiger partial charge in [0.15, 0.2) is 0 Å². The highest BCUT2D eigenvalue weighted by Crippen LogP contribution is 2.39. The molecule has 2 fully saturated rings. The van der Waals surface area contributed by atoms with Gasteiger partial charge in [-0.25, -0.2) is 4.39 Å². The molecule has 3 heteroatoms. The standard InChI is InChI=1S/C24H28BFS/c25-21-10-5-19(6-11-21)23-14-9-20(15-24(23)26)18-3-1-16(2-4-18)17-7-12-22(27)13-8-17/h1-4,9,14-15,17,19,21-22,27H,5-8,10-13H2. The Kier molecular flexibility index (Phi) is 5.97. The second-order valence-electron chi connectivity index (χ2n) is 8.48. The molecule has 0 atom stereocenters. The molecule has 2 aliphatic rings. The molecule has 27 heavy (non-hydrogen) atoms. The summed E-state index contributed by atoms with van der Waals surface area (Å²) in [6, 6.07) is 14.5. The van der Waals surface area contributed by atoms with Crippen LogP contribution >= 0.6 is 12.6 Å². The predicted octanol–water partition coefficient (Wildman–Crippen LogP) is 7.06. The zero-order valence-corrected chi connectivity index (χ0v) is 16.8. The van der Waals surface area contributed by atoms with E-state index in [1.807, 2.05) is 6.07 Å². The Labute approximate surface area is 169 Å². The molecule has 0 N–H and O–H groups in total. The van der Waals surface area contributed by atoms with E-state index in [1.165, 1.54) is 31.2 Å². The molecule has 0 spiro atoms. The molecule has 0 saturated heterocycles. The van der Waals surface area contributed by atoms with Gasteiger partial charge in [0.1, 0.15) is 5.82 Å². The Morgan fingerprint density at radius 3 is 1.96 bits per heavy atom. The minimum Gasteiger partial charge on any atom is -0.207 e. The minimum atomic E-state index is -0.0656. The lowest BCUT2D eigenvalue weighted by Crippen LogP contribution is -2.12. The average Bonchev–Trinajstić information content (AvgIpc) is 2.69. The quantitative estimate of drug-likeness (QED) is 0.429. The summed E-state index contributed by atoms with van der Waals surface area (Å²) in [7, 11) is 5.99. The topological polar surface area (TPSA) is 0 Å². The lowest BCUT2D eigenvalue weighted by Gasteiger charge is -2.27. The van der Waals surface area contributed by atoms with E-state index in [4.69, 9.17) is 7.85 Å². The molecule has 0 nitrogen and oxygen atoms in total. The highest BCUT2D eigenvalue weighted by molar-refractivity contribution is 7.80.